The molecule has 2 rings (SSSR count). The first-order chi connectivity index (χ1) is 9.15. The lowest BCUT2D eigenvalue weighted by atomic mass is 10.2. The molecule has 1 N–H and O–H groups in total. The maximum Gasteiger partial charge on any atom is 0.387 e. The van der Waals surface area contributed by atoms with E-state index in [1.807, 2.05) is 5.38 Å². The molecule has 0 unspecified atom stereocenters. The van der Waals surface area contributed by atoms with Gasteiger partial charge in [0.15, 0.2) is 0 Å². The second-order valence-corrected chi connectivity index (χ2v) is 5.55. The van der Waals surface area contributed by atoms with Gasteiger partial charge in [-0.25, -0.2) is 4.98 Å². The van der Waals surface area contributed by atoms with Crippen LogP contribution < -0.4 is 10.1 Å². The average molecular weight is 349 g/mol. The van der Waals surface area contributed by atoms with Crippen LogP contribution in [0, 0.1) is 0 Å². The Balaban J connectivity index is 1.99. The topological polar surface area (TPSA) is 34.1 Å². The van der Waals surface area contributed by atoms with Crippen LogP contribution in [0.2, 0.25) is 0 Å². The molecule has 19 heavy (non-hydrogen) atoms. The molecule has 0 aliphatic heterocycles. The zero-order valence-corrected chi connectivity index (χ0v) is 12.2. The fourth-order valence-electron chi connectivity index (χ4n) is 1.54. The fraction of sp³-hybridized carbons (Fsp3) is 0.250. The summed E-state index contributed by atoms with van der Waals surface area (Å²) in [5.41, 5.74) is 0.672. The number of alkyl halides is 2. The molecule has 0 saturated carbocycles. The lowest BCUT2D eigenvalue weighted by Gasteiger charge is -2.11. The monoisotopic (exact) mass is 348 g/mol. The van der Waals surface area contributed by atoms with Gasteiger partial charge < -0.3 is 10.1 Å². The van der Waals surface area contributed by atoms with Gasteiger partial charge in [-0.1, -0.05) is 15.9 Å². The zero-order chi connectivity index (χ0) is 13.7. The van der Waals surface area contributed by atoms with E-state index in [0.717, 1.165) is 9.48 Å². The largest absolute Gasteiger partial charge is 0.434 e. The van der Waals surface area contributed by atoms with Crippen molar-refractivity contribution in [1.82, 2.24) is 10.3 Å². The van der Waals surface area contributed by atoms with E-state index < -0.39 is 6.61 Å². The SMILES string of the molecule is FC(F)Oc1ccc(Br)cc1CNCc1nccs1. The van der Waals surface area contributed by atoms with Crippen LogP contribution in [0.25, 0.3) is 0 Å². The van der Waals surface area contributed by atoms with Crippen LogP contribution >= 0.6 is 27.3 Å². The third-order valence-electron chi connectivity index (χ3n) is 2.31. The number of aromatic nitrogens is 1. The predicted molar refractivity (Wildman–Crippen MR) is 73.4 cm³/mol. The molecule has 1 aromatic carbocycles. The van der Waals surface area contributed by atoms with Crippen molar-refractivity contribution in [3.05, 3.63) is 44.8 Å². The van der Waals surface area contributed by atoms with E-state index in [1.165, 1.54) is 6.07 Å². The Kier molecular flexibility index (Phi) is 5.24. The molecule has 0 bridgehead atoms. The van der Waals surface area contributed by atoms with Crippen molar-refractivity contribution in [2.24, 2.45) is 0 Å². The molecule has 0 amide bonds. The lowest BCUT2D eigenvalue weighted by molar-refractivity contribution is -0.0505. The Morgan fingerprint density at radius 1 is 1.37 bits per heavy atom. The molecule has 1 heterocycles. The van der Waals surface area contributed by atoms with Gasteiger partial charge in [0, 0.05) is 34.7 Å². The van der Waals surface area contributed by atoms with Gasteiger partial charge in [0.05, 0.1) is 0 Å². The molecule has 1 aromatic heterocycles. The number of hydrogen-bond donors (Lipinski definition) is 1. The van der Waals surface area contributed by atoms with Crippen molar-refractivity contribution in [2.75, 3.05) is 0 Å². The van der Waals surface area contributed by atoms with Crippen molar-refractivity contribution in [3.8, 4) is 5.75 Å². The number of nitrogens with zero attached hydrogens (tertiary/aromatic N) is 1. The summed E-state index contributed by atoms with van der Waals surface area (Å²) in [6.45, 7) is -1.79. The highest BCUT2D eigenvalue weighted by Crippen LogP contribution is 2.24. The smallest absolute Gasteiger partial charge is 0.387 e. The number of halogens is 3. The van der Waals surface area contributed by atoms with E-state index in [-0.39, 0.29) is 5.75 Å². The number of ether oxygens (including phenoxy) is 1. The molecule has 7 heteroatoms. The summed E-state index contributed by atoms with van der Waals surface area (Å²) >= 11 is 4.85. The van der Waals surface area contributed by atoms with Crippen LogP contribution in [0.5, 0.6) is 5.75 Å². The first kappa shape index (κ1) is 14.4. The summed E-state index contributed by atoms with van der Waals surface area (Å²) in [6, 6.07) is 4.95. The van der Waals surface area contributed by atoms with E-state index in [1.54, 1.807) is 29.7 Å². The molecule has 0 saturated heterocycles. The summed E-state index contributed by atoms with van der Waals surface area (Å²) in [4.78, 5) is 4.13. The van der Waals surface area contributed by atoms with E-state index in [4.69, 9.17) is 0 Å². The minimum atomic E-state index is -2.82. The van der Waals surface area contributed by atoms with Crippen molar-refractivity contribution in [2.45, 2.75) is 19.7 Å². The second-order valence-electron chi connectivity index (χ2n) is 3.66. The minimum absolute atomic E-state index is 0.185. The van der Waals surface area contributed by atoms with Crippen molar-refractivity contribution < 1.29 is 13.5 Å². The molecule has 0 aliphatic carbocycles. The molecule has 3 nitrogen and oxygen atoms in total. The van der Waals surface area contributed by atoms with Gasteiger partial charge in [-0.15, -0.1) is 11.3 Å². The number of nitrogens with one attached hydrogen (secondary N) is 1. The maximum atomic E-state index is 12.3. The Hall–Kier alpha value is -1.05. The molecule has 0 spiro atoms. The van der Waals surface area contributed by atoms with Gasteiger partial charge in [-0.3, -0.25) is 0 Å². The van der Waals surface area contributed by atoms with Crippen molar-refractivity contribution >= 4 is 27.3 Å². The zero-order valence-electron chi connectivity index (χ0n) is 9.78. The number of hydrogen-bond acceptors (Lipinski definition) is 4. The van der Waals surface area contributed by atoms with Gasteiger partial charge in [0.2, 0.25) is 0 Å². The summed E-state index contributed by atoms with van der Waals surface area (Å²) in [5, 5.41) is 5.99. The van der Waals surface area contributed by atoms with Gasteiger partial charge >= 0.3 is 6.61 Å². The third kappa shape index (κ3) is 4.52. The van der Waals surface area contributed by atoms with Gasteiger partial charge in [-0.05, 0) is 18.2 Å². The Morgan fingerprint density at radius 3 is 2.89 bits per heavy atom. The Labute approximate surface area is 121 Å². The summed E-state index contributed by atoms with van der Waals surface area (Å²) in [7, 11) is 0. The third-order valence-corrected chi connectivity index (χ3v) is 3.59. The Bertz CT molecular complexity index is 522. The number of rotatable bonds is 6. The van der Waals surface area contributed by atoms with E-state index in [9.17, 15) is 8.78 Å². The van der Waals surface area contributed by atoms with Crippen LogP contribution in [0.4, 0.5) is 8.78 Å². The molecule has 0 atom stereocenters. The second kappa shape index (κ2) is 6.93. The van der Waals surface area contributed by atoms with Crippen LogP contribution in [0.1, 0.15) is 10.6 Å². The predicted octanol–water partition coefficient (Wildman–Crippen LogP) is 3.80. The summed E-state index contributed by atoms with van der Waals surface area (Å²) < 4.78 is 29.9. The first-order valence-corrected chi connectivity index (χ1v) is 7.15. The first-order valence-electron chi connectivity index (χ1n) is 5.47. The standard InChI is InChI=1S/C12H11BrF2N2OS/c13-9-1-2-10(18-12(14)15)8(5-9)6-16-7-11-17-3-4-19-11/h1-5,12,16H,6-7H2. The van der Waals surface area contributed by atoms with Gasteiger partial charge in [-0.2, -0.15) is 8.78 Å². The Morgan fingerprint density at radius 2 is 2.21 bits per heavy atom. The van der Waals surface area contributed by atoms with E-state index in [2.05, 4.69) is 31.0 Å². The summed E-state index contributed by atoms with van der Waals surface area (Å²) in [5.74, 6) is 0.185. The fourth-order valence-corrected chi connectivity index (χ4v) is 2.54. The lowest BCUT2D eigenvalue weighted by Crippen LogP contribution is -2.14. The minimum Gasteiger partial charge on any atom is -0.434 e. The van der Waals surface area contributed by atoms with Crippen molar-refractivity contribution in [1.29, 1.82) is 0 Å². The van der Waals surface area contributed by atoms with E-state index in [0.29, 0.717) is 18.7 Å². The van der Waals surface area contributed by atoms with Gasteiger partial charge in [0.25, 0.3) is 0 Å². The highest BCUT2D eigenvalue weighted by molar-refractivity contribution is 9.10. The van der Waals surface area contributed by atoms with Crippen LogP contribution in [-0.4, -0.2) is 11.6 Å². The highest BCUT2D eigenvalue weighted by Gasteiger charge is 2.10. The quantitative estimate of drug-likeness (QED) is 0.862. The maximum absolute atomic E-state index is 12.3. The normalized spacial score (nSPS) is 10.9. The summed E-state index contributed by atoms with van der Waals surface area (Å²) in [6.07, 6.45) is 1.73. The van der Waals surface area contributed by atoms with E-state index >= 15 is 0 Å². The molecular weight excluding hydrogens is 338 g/mol. The highest BCUT2D eigenvalue weighted by atomic mass is 79.9. The molecular formula is C12H11BrF2N2OS. The van der Waals surface area contributed by atoms with Crippen molar-refractivity contribution in [3.63, 3.8) is 0 Å². The van der Waals surface area contributed by atoms with Crippen LogP contribution in [-0.2, 0) is 13.1 Å². The molecule has 0 aliphatic rings. The number of thiazole rings is 1. The van der Waals surface area contributed by atoms with Crippen LogP contribution in [0.3, 0.4) is 0 Å². The number of benzene rings is 1. The van der Waals surface area contributed by atoms with Gasteiger partial charge in [0.1, 0.15) is 10.8 Å². The molecule has 2 aromatic rings. The molecule has 0 radical (unpaired) electrons. The average Bonchev–Trinajstić information content (AvgIpc) is 2.85. The molecule has 102 valence electrons. The molecule has 0 fully saturated rings. The van der Waals surface area contributed by atoms with Crippen LogP contribution in [0.15, 0.2) is 34.2 Å².